The molecule has 0 spiro atoms. The van der Waals surface area contributed by atoms with E-state index in [0.717, 1.165) is 25.1 Å². The van der Waals surface area contributed by atoms with E-state index in [4.69, 9.17) is 0 Å². The Morgan fingerprint density at radius 2 is 1.96 bits per heavy atom. The van der Waals surface area contributed by atoms with E-state index in [1.807, 2.05) is 0 Å². The van der Waals surface area contributed by atoms with Crippen molar-refractivity contribution in [2.45, 2.75) is 38.1 Å². The van der Waals surface area contributed by atoms with Crippen LogP contribution in [0.25, 0.3) is 0 Å². The van der Waals surface area contributed by atoms with Crippen LogP contribution < -0.4 is 20.3 Å². The number of piperidine rings is 1. The number of nitrogens with zero attached hydrogens (tertiary/aromatic N) is 2. The molecule has 1 unspecified atom stereocenters. The molecule has 2 N–H and O–H groups in total. The smallest absolute Gasteiger partial charge is 0.390 e. The predicted molar refractivity (Wildman–Crippen MR) is 109 cm³/mol. The number of hydrogen-bond donors (Lipinski definition) is 2. The van der Waals surface area contributed by atoms with Crippen LogP contribution in [-0.2, 0) is 0 Å². The molecule has 160 valence electrons. The Kier molecular flexibility index (Phi) is 10.0. The molecular weight excluding hydrogens is 498 g/mol. The van der Waals surface area contributed by atoms with Crippen molar-refractivity contribution in [1.29, 1.82) is 0 Å². The van der Waals surface area contributed by atoms with E-state index >= 15 is 0 Å². The number of halogens is 6. The third-order valence-electron chi connectivity index (χ3n) is 4.11. The van der Waals surface area contributed by atoms with Gasteiger partial charge in [-0.05, 0) is 37.1 Å². The first-order chi connectivity index (χ1) is 12.8. The fraction of sp³-hybridized carbons (Fsp3) is 0.588. The summed E-state index contributed by atoms with van der Waals surface area (Å²) in [5, 5.41) is 5.80. The van der Waals surface area contributed by atoms with Crippen LogP contribution in [0.3, 0.4) is 0 Å². The topological polar surface area (TPSA) is 48.9 Å². The number of anilines is 1. The highest BCUT2D eigenvalue weighted by Crippen LogP contribution is 2.24. The minimum absolute atomic E-state index is 0. The fourth-order valence-electron chi connectivity index (χ4n) is 2.88. The SMILES string of the molecule is CN=C(NCCC(F)(F)F)NC1CCCN(c2ccc(OC(F)F)cc2)C1.I. The van der Waals surface area contributed by atoms with Crippen molar-refractivity contribution >= 4 is 35.6 Å². The molecule has 0 bridgehead atoms. The van der Waals surface area contributed by atoms with E-state index < -0.39 is 19.2 Å². The van der Waals surface area contributed by atoms with Gasteiger partial charge in [0.2, 0.25) is 0 Å². The van der Waals surface area contributed by atoms with E-state index in [1.165, 1.54) is 19.2 Å². The lowest BCUT2D eigenvalue weighted by Crippen LogP contribution is -2.51. The van der Waals surface area contributed by atoms with Gasteiger partial charge in [-0.2, -0.15) is 22.0 Å². The average Bonchev–Trinajstić information content (AvgIpc) is 2.60. The lowest BCUT2D eigenvalue weighted by Gasteiger charge is -2.35. The molecule has 1 heterocycles. The summed E-state index contributed by atoms with van der Waals surface area (Å²) < 4.78 is 65.5. The summed E-state index contributed by atoms with van der Waals surface area (Å²) in [5.41, 5.74) is 0.864. The summed E-state index contributed by atoms with van der Waals surface area (Å²) in [5.74, 6) is 0.418. The van der Waals surface area contributed by atoms with Crippen molar-refractivity contribution in [3.8, 4) is 5.75 Å². The minimum atomic E-state index is -4.21. The van der Waals surface area contributed by atoms with Crippen molar-refractivity contribution in [1.82, 2.24) is 10.6 Å². The third kappa shape index (κ3) is 8.65. The first-order valence-corrected chi connectivity index (χ1v) is 8.60. The molecule has 1 aromatic rings. The predicted octanol–water partition coefficient (Wildman–Crippen LogP) is 3.99. The normalized spacial score (nSPS) is 17.9. The zero-order valence-electron chi connectivity index (χ0n) is 15.3. The van der Waals surface area contributed by atoms with Crippen molar-refractivity contribution in [2.75, 3.05) is 31.6 Å². The van der Waals surface area contributed by atoms with E-state index in [9.17, 15) is 22.0 Å². The van der Waals surface area contributed by atoms with Crippen LogP contribution in [0.2, 0.25) is 0 Å². The largest absolute Gasteiger partial charge is 0.435 e. The van der Waals surface area contributed by atoms with Gasteiger partial charge in [-0.3, -0.25) is 4.99 Å². The van der Waals surface area contributed by atoms with Crippen molar-refractivity contribution in [2.24, 2.45) is 4.99 Å². The summed E-state index contributed by atoms with van der Waals surface area (Å²) in [7, 11) is 1.51. The zero-order valence-corrected chi connectivity index (χ0v) is 17.6. The first-order valence-electron chi connectivity index (χ1n) is 8.60. The van der Waals surface area contributed by atoms with Crippen LogP contribution in [0, 0.1) is 0 Å². The van der Waals surface area contributed by atoms with E-state index in [2.05, 4.69) is 25.3 Å². The Bertz CT molecular complexity index is 613. The Balaban J connectivity index is 0.00000392. The molecule has 1 saturated heterocycles. The summed E-state index contributed by atoms with van der Waals surface area (Å²) in [6.45, 7) is -1.69. The number of ether oxygens (including phenoxy) is 1. The maximum atomic E-state index is 12.2. The van der Waals surface area contributed by atoms with E-state index in [0.29, 0.717) is 12.5 Å². The maximum absolute atomic E-state index is 12.2. The molecule has 1 atom stereocenters. The monoisotopic (exact) mass is 522 g/mol. The highest BCUT2D eigenvalue weighted by molar-refractivity contribution is 14.0. The number of guanidine groups is 1. The van der Waals surface area contributed by atoms with Gasteiger partial charge in [-0.15, -0.1) is 24.0 Å². The number of nitrogens with one attached hydrogen (secondary N) is 2. The number of hydrogen-bond acceptors (Lipinski definition) is 3. The molecule has 0 aromatic heterocycles. The van der Waals surface area contributed by atoms with Gasteiger partial charge in [0.1, 0.15) is 5.75 Å². The van der Waals surface area contributed by atoms with Gasteiger partial charge in [0.25, 0.3) is 0 Å². The van der Waals surface area contributed by atoms with Crippen LogP contribution in [0.15, 0.2) is 29.3 Å². The summed E-state index contributed by atoms with van der Waals surface area (Å²) in [4.78, 5) is 6.04. The number of rotatable bonds is 6. The highest BCUT2D eigenvalue weighted by Gasteiger charge is 2.27. The molecule has 0 radical (unpaired) electrons. The summed E-state index contributed by atoms with van der Waals surface area (Å²) >= 11 is 0. The molecule has 28 heavy (non-hydrogen) atoms. The van der Waals surface area contributed by atoms with E-state index in [1.54, 1.807) is 12.1 Å². The molecule has 1 aliphatic heterocycles. The van der Waals surface area contributed by atoms with Gasteiger partial charge < -0.3 is 20.3 Å². The Hall–Kier alpha value is -1.53. The first kappa shape index (κ1) is 24.5. The van der Waals surface area contributed by atoms with Crippen LogP contribution >= 0.6 is 24.0 Å². The van der Waals surface area contributed by atoms with Crippen LogP contribution in [0.4, 0.5) is 27.6 Å². The van der Waals surface area contributed by atoms with E-state index in [-0.39, 0.29) is 42.3 Å². The molecule has 0 aliphatic carbocycles. The molecule has 0 saturated carbocycles. The highest BCUT2D eigenvalue weighted by atomic mass is 127. The van der Waals surface area contributed by atoms with Crippen LogP contribution in [-0.4, -0.2) is 51.5 Å². The second kappa shape index (κ2) is 11.5. The van der Waals surface area contributed by atoms with Gasteiger partial charge in [-0.25, -0.2) is 0 Å². The second-order valence-electron chi connectivity index (χ2n) is 6.17. The van der Waals surface area contributed by atoms with Crippen LogP contribution in [0.1, 0.15) is 19.3 Å². The zero-order chi connectivity index (χ0) is 19.9. The molecule has 5 nitrogen and oxygen atoms in total. The summed E-state index contributed by atoms with van der Waals surface area (Å²) in [6, 6.07) is 6.38. The van der Waals surface area contributed by atoms with Crippen molar-refractivity contribution < 1.29 is 26.7 Å². The second-order valence-corrected chi connectivity index (χ2v) is 6.17. The minimum Gasteiger partial charge on any atom is -0.435 e. The molecule has 11 heteroatoms. The molecular formula is C17H24F5IN4O. The average molecular weight is 522 g/mol. The molecule has 1 fully saturated rings. The number of alkyl halides is 5. The number of aliphatic imine (C=N–C) groups is 1. The third-order valence-corrected chi connectivity index (χ3v) is 4.11. The fourth-order valence-corrected chi connectivity index (χ4v) is 2.88. The molecule has 1 aromatic carbocycles. The maximum Gasteiger partial charge on any atom is 0.390 e. The van der Waals surface area contributed by atoms with Gasteiger partial charge >= 0.3 is 12.8 Å². The van der Waals surface area contributed by atoms with Crippen LogP contribution in [0.5, 0.6) is 5.75 Å². The Labute approximate surface area is 177 Å². The number of benzene rings is 1. The lowest BCUT2D eigenvalue weighted by molar-refractivity contribution is -0.132. The van der Waals surface area contributed by atoms with Gasteiger partial charge in [0, 0.05) is 38.4 Å². The molecule has 1 aliphatic rings. The van der Waals surface area contributed by atoms with Gasteiger partial charge in [-0.1, -0.05) is 0 Å². The van der Waals surface area contributed by atoms with Gasteiger partial charge in [0.15, 0.2) is 5.96 Å². The molecule has 0 amide bonds. The quantitative estimate of drug-likeness (QED) is 0.257. The standard InChI is InChI=1S/C17H23F5N4O.HI/c1-23-16(24-9-8-17(20,21)22)25-12-3-2-10-26(11-12)13-4-6-14(7-5-13)27-15(18)19;/h4-7,12,15H,2-3,8-11H2,1H3,(H2,23,24,25);1H. The summed E-state index contributed by atoms with van der Waals surface area (Å²) in [6.07, 6.45) is -3.42. The lowest BCUT2D eigenvalue weighted by atomic mass is 10.0. The van der Waals surface area contributed by atoms with Crippen molar-refractivity contribution in [3.05, 3.63) is 24.3 Å². The van der Waals surface area contributed by atoms with Gasteiger partial charge in [0.05, 0.1) is 6.42 Å². The Morgan fingerprint density at radius 1 is 1.29 bits per heavy atom. The van der Waals surface area contributed by atoms with Crippen molar-refractivity contribution in [3.63, 3.8) is 0 Å². The molecule has 2 rings (SSSR count). The Morgan fingerprint density at radius 3 is 2.54 bits per heavy atom.